The molecule has 4 unspecified atom stereocenters. The first-order chi connectivity index (χ1) is 41.5. The van der Waals surface area contributed by atoms with Crippen LogP contribution in [0.1, 0.15) is 126 Å². The van der Waals surface area contributed by atoms with Gasteiger partial charge in [0.15, 0.2) is 0 Å². The molecule has 4 aliphatic rings. The summed E-state index contributed by atoms with van der Waals surface area (Å²) in [6, 6.07) is 2.44. The maximum Gasteiger partial charge on any atom is 0.417 e. The second-order valence-corrected chi connectivity index (χ2v) is 21.3. The van der Waals surface area contributed by atoms with Crippen LogP contribution in [0.2, 0.25) is 5.02 Å². The summed E-state index contributed by atoms with van der Waals surface area (Å²) in [6.07, 6.45) is 8.26. The molecule has 6 atom stereocenters. The molecule has 0 saturated carbocycles. The van der Waals surface area contributed by atoms with Crippen LogP contribution in [0, 0.1) is 0 Å². The summed E-state index contributed by atoms with van der Waals surface area (Å²) in [5.41, 5.74) is 3.60. The molecule has 2 fully saturated rings. The number of likely N-dealkylation sites (N-methyl/N-ethyl adjacent to an activating group) is 1. The standard InChI is InChI=1S/C30H38F3N7O9.C25H31ClN2O6.C3H8.CH3Cl/c1-17(28(47)48)39(2)27(46)19-10-9-18(15-20(19)30(31,32)33)37-26(45)21(7-6-13-35-29(34)49)38-23(42)16-36-22(41)8-4-3-5-14-40-24(43)11-12-25(40)44;1-15-6-4-5-9-25(31)14-17(33-24(30)27-25)13-20-19(34-20)7-8-22(29)28(2)18-11-16(10-15)12-21(32-3)23(18)26;1-3-2;1-2/h9-12,15,17,21H,3-8,13-14,16H2,1-2H3,(H,36,41)(H,37,45)(H,38,42)(H,47,48)(H3,34,35,49);4-6,11-12,17,19-20,31H,7-10,13-14H2,1-3H3,(H,27,30);3H2,1-2H3;1H3/b;5-4+,15-6+;;/t17-,21?;17?,19?,20?,25-;;/m01../s1. The van der Waals surface area contributed by atoms with Gasteiger partial charge in [-0.25, -0.2) is 14.4 Å². The van der Waals surface area contributed by atoms with E-state index in [0.29, 0.717) is 72.4 Å². The zero-order valence-electron chi connectivity index (χ0n) is 50.5. The van der Waals surface area contributed by atoms with Crippen LogP contribution in [0.5, 0.6) is 5.75 Å². The van der Waals surface area contributed by atoms with E-state index in [9.17, 15) is 66.2 Å². The van der Waals surface area contributed by atoms with E-state index in [0.717, 1.165) is 42.1 Å². The maximum absolute atomic E-state index is 13.9. The van der Waals surface area contributed by atoms with E-state index < -0.39 is 101 Å². The lowest BCUT2D eigenvalue weighted by molar-refractivity contribution is -0.141. The molecule has 4 bridgehead atoms. The van der Waals surface area contributed by atoms with Gasteiger partial charge in [0, 0.05) is 83.5 Å². The number of urea groups is 1. The molecule has 486 valence electrons. The van der Waals surface area contributed by atoms with Crippen molar-refractivity contribution in [3.63, 3.8) is 0 Å². The number of carbonyl (C=O) groups is 10. The number of nitrogens with two attached hydrogens (primary N) is 1. The molecular weight excluding hydrogens is 1200 g/mol. The number of hydrogen-bond acceptors (Lipinski definition) is 14. The van der Waals surface area contributed by atoms with Crippen molar-refractivity contribution in [2.45, 2.75) is 153 Å². The molecule has 88 heavy (non-hydrogen) atoms. The number of aliphatic hydroxyl groups is 1. The number of halogens is 5. The van der Waals surface area contributed by atoms with Crippen LogP contribution in [0.4, 0.5) is 34.1 Å². The monoisotopic (exact) mass is 1280 g/mol. The highest BCUT2D eigenvalue weighted by molar-refractivity contribution is 6.35. The third-order valence-electron chi connectivity index (χ3n) is 13.8. The van der Waals surface area contributed by atoms with Gasteiger partial charge in [0.05, 0.1) is 42.7 Å². The Morgan fingerprint density at radius 2 is 1.65 bits per heavy atom. The van der Waals surface area contributed by atoms with Gasteiger partial charge in [0.1, 0.15) is 34.7 Å². The molecule has 10 amide bonds. The Kier molecular flexibility index (Phi) is 30.4. The Labute approximate surface area is 519 Å². The van der Waals surface area contributed by atoms with E-state index in [1.54, 1.807) is 19.1 Å². The van der Waals surface area contributed by atoms with Crippen molar-refractivity contribution < 1.29 is 85.5 Å². The number of nitrogens with one attached hydrogen (secondary N) is 5. The summed E-state index contributed by atoms with van der Waals surface area (Å²) in [5.74, 6) is -5.28. The summed E-state index contributed by atoms with van der Waals surface area (Å²) in [4.78, 5) is 124. The largest absolute Gasteiger partial charge is 0.495 e. The number of methoxy groups -OCH3 is 1. The molecule has 4 aliphatic heterocycles. The van der Waals surface area contributed by atoms with Gasteiger partial charge in [-0.1, -0.05) is 62.1 Å². The average Bonchev–Trinajstić information content (AvgIpc) is 3.01. The van der Waals surface area contributed by atoms with Crippen molar-refractivity contribution in [3.8, 4) is 5.75 Å². The molecule has 24 nitrogen and oxygen atoms in total. The fourth-order valence-electron chi connectivity index (χ4n) is 9.07. The highest BCUT2D eigenvalue weighted by atomic mass is 35.5. The number of carboxylic acids is 1. The lowest BCUT2D eigenvalue weighted by Gasteiger charge is -2.36. The van der Waals surface area contributed by atoms with Gasteiger partial charge < -0.3 is 61.2 Å². The lowest BCUT2D eigenvalue weighted by atomic mass is 9.96. The number of carbonyl (C=O) groups excluding carboxylic acids is 9. The Bertz CT molecular complexity index is 2890. The molecular formula is C59H80Cl2F3N9O15. The SMILES string of the molecule is CCC.CCl.COc1cc2cc(c1Cl)N(C)C(=O)CCC1OC1CC1C[C@](O)(C/C=C/C=C(\C)C2)NC(=O)O1.C[C@@H](C(=O)O)N(C)C(=O)c1ccc(NC(=O)C(CCCNC(N)=O)NC(=O)CNC(=O)CCCCCN2C(=O)C=CC2=O)cc1C(F)(F)F. The molecule has 9 N–H and O–H groups in total. The fourth-order valence-corrected chi connectivity index (χ4v) is 9.38. The average molecular weight is 1280 g/mol. The Balaban J connectivity index is 0.000000451. The van der Waals surface area contributed by atoms with Gasteiger partial charge in [0.25, 0.3) is 17.7 Å². The summed E-state index contributed by atoms with van der Waals surface area (Å²) >= 11 is 11.2. The number of ether oxygens (including phenoxy) is 3. The van der Waals surface area contributed by atoms with Crippen molar-refractivity contribution in [2.24, 2.45) is 5.73 Å². The van der Waals surface area contributed by atoms with Crippen LogP contribution in [-0.2, 0) is 55.6 Å². The van der Waals surface area contributed by atoms with E-state index in [-0.39, 0.29) is 69.0 Å². The maximum atomic E-state index is 13.9. The van der Waals surface area contributed by atoms with Crippen LogP contribution in [0.25, 0.3) is 0 Å². The summed E-state index contributed by atoms with van der Waals surface area (Å²) in [7, 11) is 4.29. The molecule has 6 rings (SSSR count). The number of imide groups is 1. The molecule has 0 spiro atoms. The molecule has 29 heteroatoms. The van der Waals surface area contributed by atoms with E-state index in [1.165, 1.54) is 25.0 Å². The number of anilines is 2. The second kappa shape index (κ2) is 35.9. The molecule has 0 aromatic heterocycles. The van der Waals surface area contributed by atoms with E-state index in [1.807, 2.05) is 37.3 Å². The van der Waals surface area contributed by atoms with Crippen LogP contribution in [-0.4, -0.2) is 163 Å². The molecule has 0 radical (unpaired) electrons. The molecule has 2 aromatic rings. The topological polar surface area (TPSA) is 338 Å². The number of nitrogens with zero attached hydrogens (tertiary/aromatic N) is 3. The molecule has 4 heterocycles. The number of carboxylic acid groups (broad SMARTS) is 1. The first-order valence-corrected chi connectivity index (χ1v) is 29.5. The zero-order chi connectivity index (χ0) is 66.1. The normalized spacial score (nSPS) is 20.5. The summed E-state index contributed by atoms with van der Waals surface area (Å²) < 4.78 is 58.4. The number of amides is 10. The number of alkyl halides is 4. The predicted molar refractivity (Wildman–Crippen MR) is 321 cm³/mol. The molecule has 2 saturated heterocycles. The Morgan fingerprint density at radius 1 is 0.977 bits per heavy atom. The minimum atomic E-state index is -5.07. The number of allylic oxidation sites excluding steroid dienone is 3. The van der Waals surface area contributed by atoms with E-state index in [4.69, 9.17) is 36.7 Å². The molecule has 0 aliphatic carbocycles. The number of unbranched alkanes of at least 4 members (excludes halogenated alkanes) is 2. The Morgan fingerprint density at radius 3 is 2.27 bits per heavy atom. The van der Waals surface area contributed by atoms with Gasteiger partial charge in [-0.15, -0.1) is 11.6 Å². The quantitative estimate of drug-likeness (QED) is 0.0308. The van der Waals surface area contributed by atoms with Gasteiger partial charge in [0.2, 0.25) is 23.6 Å². The zero-order valence-corrected chi connectivity index (χ0v) is 52.0. The van der Waals surface area contributed by atoms with Crippen LogP contribution in [0.3, 0.4) is 0 Å². The van der Waals surface area contributed by atoms with Gasteiger partial charge >= 0.3 is 24.3 Å². The lowest BCUT2D eigenvalue weighted by Crippen LogP contribution is -2.56. The predicted octanol–water partition coefficient (Wildman–Crippen LogP) is 6.88. The highest BCUT2D eigenvalue weighted by Crippen LogP contribution is 2.39. The van der Waals surface area contributed by atoms with Gasteiger partial charge in [-0.3, -0.25) is 43.8 Å². The number of alkyl carbamates (subject to hydrolysis) is 1. The van der Waals surface area contributed by atoms with E-state index >= 15 is 0 Å². The third-order valence-corrected chi connectivity index (χ3v) is 14.2. The highest BCUT2D eigenvalue weighted by Gasteiger charge is 2.46. The number of hydrogen-bond donors (Lipinski definition) is 8. The Hall–Kier alpha value is -7.75. The summed E-state index contributed by atoms with van der Waals surface area (Å²) in [5, 5.41) is 32.3. The summed E-state index contributed by atoms with van der Waals surface area (Å²) in [6.45, 7) is 7.03. The van der Waals surface area contributed by atoms with Gasteiger partial charge in [-0.2, -0.15) is 13.2 Å². The smallest absolute Gasteiger partial charge is 0.417 e. The van der Waals surface area contributed by atoms with Crippen LogP contribution < -0.4 is 42.0 Å². The minimum Gasteiger partial charge on any atom is -0.495 e. The third kappa shape index (κ3) is 24.1. The molecule has 2 aromatic carbocycles. The van der Waals surface area contributed by atoms with Crippen LogP contribution in [0.15, 0.2) is 66.3 Å². The first kappa shape index (κ1) is 74.5. The number of fused-ring (bicyclic) bond motifs is 5. The van der Waals surface area contributed by atoms with E-state index in [2.05, 4.69) is 52.0 Å². The van der Waals surface area contributed by atoms with Crippen molar-refractivity contribution in [3.05, 3.63) is 88.0 Å². The van der Waals surface area contributed by atoms with Crippen molar-refractivity contribution in [1.82, 2.24) is 31.1 Å². The van der Waals surface area contributed by atoms with Crippen LogP contribution >= 0.6 is 23.2 Å². The minimum absolute atomic E-state index is 0.000371. The fraction of sp³-hybridized carbons (Fsp3) is 0.525. The van der Waals surface area contributed by atoms with Crippen molar-refractivity contribution in [1.29, 1.82) is 0 Å². The van der Waals surface area contributed by atoms with Crippen molar-refractivity contribution in [2.75, 3.05) is 57.4 Å². The number of epoxide rings is 1. The first-order valence-electron chi connectivity index (χ1n) is 28.4. The van der Waals surface area contributed by atoms with Crippen molar-refractivity contribution >= 4 is 94.0 Å². The number of aliphatic carboxylic acids is 1. The van der Waals surface area contributed by atoms with Gasteiger partial charge in [-0.05, 0) is 88.3 Å². The second-order valence-electron chi connectivity index (χ2n) is 21.0. The number of primary amides is 1. The number of benzene rings is 2. The number of rotatable bonds is 19.